The number of fused-ring (bicyclic) bond motifs is 2. The van der Waals surface area contributed by atoms with Crippen LogP contribution in [0, 0.1) is 15.5 Å². The molecule has 2 aliphatic rings. The molecule has 1 saturated heterocycles. The van der Waals surface area contributed by atoms with Gasteiger partial charge in [0.15, 0.2) is 5.03 Å². The number of nitro groups is 1. The molecule has 1 amide bonds. The summed E-state index contributed by atoms with van der Waals surface area (Å²) in [6.45, 7) is 0.0305. The van der Waals surface area contributed by atoms with E-state index in [2.05, 4.69) is 5.32 Å². The number of nitrogens with zero attached hydrogens (tertiary/aromatic N) is 2. The van der Waals surface area contributed by atoms with Gasteiger partial charge < -0.3 is 15.8 Å². The number of nitrogens with two attached hydrogens (primary N) is 1. The van der Waals surface area contributed by atoms with E-state index in [0.717, 1.165) is 16.1 Å². The van der Waals surface area contributed by atoms with E-state index < -0.39 is 29.1 Å². The minimum Gasteiger partial charge on any atom is -0.462 e. The van der Waals surface area contributed by atoms with Crippen LogP contribution in [0.3, 0.4) is 0 Å². The van der Waals surface area contributed by atoms with Crippen molar-refractivity contribution in [1.29, 1.82) is 5.41 Å². The van der Waals surface area contributed by atoms with E-state index in [0.29, 0.717) is 11.3 Å². The third-order valence-corrected chi connectivity index (χ3v) is 5.93. The average molecular weight is 437 g/mol. The lowest BCUT2D eigenvalue weighted by molar-refractivity contribution is -0.663. The summed E-state index contributed by atoms with van der Waals surface area (Å²) in [6, 6.07) is 13.6. The van der Waals surface area contributed by atoms with Crippen LogP contribution in [0.25, 0.3) is 0 Å². The van der Waals surface area contributed by atoms with Crippen molar-refractivity contribution < 1.29 is 19.4 Å². The number of para-hydroxylation sites is 1. The van der Waals surface area contributed by atoms with Gasteiger partial charge in [0.1, 0.15) is 18.0 Å². The largest absolute Gasteiger partial charge is 0.462 e. The number of carbonyl (C=O) groups is 2. The Morgan fingerprint density at radius 3 is 2.62 bits per heavy atom. The quantitative estimate of drug-likeness (QED) is 0.213. The Labute approximate surface area is 184 Å². The number of benzene rings is 2. The van der Waals surface area contributed by atoms with Gasteiger partial charge >= 0.3 is 5.97 Å². The van der Waals surface area contributed by atoms with E-state index in [1.165, 1.54) is 0 Å². The van der Waals surface area contributed by atoms with Gasteiger partial charge in [-0.05, 0) is 23.3 Å². The average Bonchev–Trinajstić information content (AvgIpc) is 2.88. The Morgan fingerprint density at radius 1 is 1.22 bits per heavy atom. The lowest BCUT2D eigenvalue weighted by atomic mass is 9.86. The lowest BCUT2D eigenvalue weighted by Gasteiger charge is -2.32. The molecule has 166 valence electrons. The summed E-state index contributed by atoms with van der Waals surface area (Å²) in [5.41, 5.74) is 8.22. The molecule has 4 rings (SSSR count). The molecule has 0 aromatic heterocycles. The van der Waals surface area contributed by atoms with Crippen LogP contribution >= 0.6 is 0 Å². The maximum atomic E-state index is 12.9. The molecule has 3 unspecified atom stereocenters. The number of nitrogens with one attached hydrogen (secondary N) is 2. The second-order valence-corrected chi connectivity index (χ2v) is 7.89. The first-order valence-electron chi connectivity index (χ1n) is 10.3. The molecule has 0 spiro atoms. The molecule has 0 radical (unpaired) electrons. The summed E-state index contributed by atoms with van der Waals surface area (Å²) in [6.07, 6.45) is -0.221. The zero-order chi connectivity index (χ0) is 22.8. The predicted octanol–water partition coefficient (Wildman–Crippen LogP) is 2.28. The van der Waals surface area contributed by atoms with Crippen molar-refractivity contribution in [3.8, 4) is 0 Å². The van der Waals surface area contributed by atoms with Crippen molar-refractivity contribution in [2.24, 2.45) is 5.73 Å². The highest BCUT2D eigenvalue weighted by Gasteiger charge is 2.38. The second-order valence-electron chi connectivity index (χ2n) is 7.89. The highest BCUT2D eigenvalue weighted by atomic mass is 16.7. The van der Waals surface area contributed by atoms with Crippen molar-refractivity contribution in [3.05, 3.63) is 75.3 Å². The molecule has 1 fully saturated rings. The van der Waals surface area contributed by atoms with E-state index >= 15 is 0 Å². The van der Waals surface area contributed by atoms with Gasteiger partial charge in [-0.2, -0.15) is 0 Å². The van der Waals surface area contributed by atoms with Gasteiger partial charge in [0, 0.05) is 30.0 Å². The number of esters is 1. The maximum Gasteiger partial charge on any atom is 0.307 e. The van der Waals surface area contributed by atoms with Gasteiger partial charge in [0.25, 0.3) is 5.91 Å². The molecule has 2 aromatic rings. The normalized spacial score (nSPS) is 22.1. The summed E-state index contributed by atoms with van der Waals surface area (Å²) in [7, 11) is 0. The Balaban J connectivity index is 1.55. The molecular formula is C22H23N5O5. The van der Waals surface area contributed by atoms with Crippen molar-refractivity contribution in [2.45, 2.75) is 37.3 Å². The van der Waals surface area contributed by atoms with Crippen LogP contribution < -0.4 is 11.1 Å². The third kappa shape index (κ3) is 4.11. The SMILES string of the molecule is N=C(N)C1CC(OC(=O)CC2c3ccccc3NC(=O)c3ccccc32)CCN1[N+](=O)[O-]. The molecule has 2 aromatic carbocycles. The number of rotatable bonds is 5. The molecule has 10 nitrogen and oxygen atoms in total. The first-order valence-corrected chi connectivity index (χ1v) is 10.3. The van der Waals surface area contributed by atoms with E-state index in [9.17, 15) is 19.7 Å². The van der Waals surface area contributed by atoms with E-state index in [-0.39, 0.29) is 37.6 Å². The fourth-order valence-corrected chi connectivity index (χ4v) is 4.41. The van der Waals surface area contributed by atoms with E-state index in [1.807, 2.05) is 30.3 Å². The van der Waals surface area contributed by atoms with Gasteiger partial charge in [0.05, 0.1) is 13.0 Å². The Morgan fingerprint density at radius 2 is 1.91 bits per heavy atom. The van der Waals surface area contributed by atoms with Crippen LogP contribution in [-0.2, 0) is 9.53 Å². The fraction of sp³-hybridized carbons (Fsp3) is 0.318. The molecule has 0 saturated carbocycles. The molecule has 10 heteroatoms. The van der Waals surface area contributed by atoms with Gasteiger partial charge in [-0.15, -0.1) is 5.01 Å². The van der Waals surface area contributed by atoms with Crippen LogP contribution in [0.15, 0.2) is 48.5 Å². The summed E-state index contributed by atoms with van der Waals surface area (Å²) in [5, 5.41) is 22.1. The monoisotopic (exact) mass is 437 g/mol. The number of anilines is 1. The molecule has 32 heavy (non-hydrogen) atoms. The second kappa shape index (κ2) is 8.66. The van der Waals surface area contributed by atoms with E-state index in [1.54, 1.807) is 18.2 Å². The van der Waals surface area contributed by atoms with E-state index in [4.69, 9.17) is 15.9 Å². The Kier molecular flexibility index (Phi) is 5.76. The standard InChI is InChI=1S/C22H23N5O5/c23-21(24)19-11-13(9-10-26(19)27(30)31)32-20(28)12-17-14-5-1-2-7-16(14)22(29)25-18-8-4-3-6-15(17)18/h1-8,13,17,19H,9-12H2,(H3,23,24)(H,25,29). The van der Waals surface area contributed by atoms with Crippen molar-refractivity contribution in [2.75, 3.05) is 11.9 Å². The molecule has 3 atom stereocenters. The maximum absolute atomic E-state index is 12.9. The fourth-order valence-electron chi connectivity index (χ4n) is 4.41. The number of amidine groups is 1. The highest BCUT2D eigenvalue weighted by Crippen LogP contribution is 2.38. The van der Waals surface area contributed by atoms with Crippen LogP contribution in [0.4, 0.5) is 5.69 Å². The topological polar surface area (TPSA) is 152 Å². The van der Waals surface area contributed by atoms with Gasteiger partial charge in [-0.1, -0.05) is 36.4 Å². The van der Waals surface area contributed by atoms with Gasteiger partial charge in [-0.3, -0.25) is 15.0 Å². The predicted molar refractivity (Wildman–Crippen MR) is 116 cm³/mol. The Hall–Kier alpha value is -3.95. The number of carbonyl (C=O) groups excluding carboxylic acids is 2. The number of ether oxygens (including phenoxy) is 1. The summed E-state index contributed by atoms with van der Waals surface area (Å²) in [5.74, 6) is -1.44. The molecule has 2 aliphatic heterocycles. The number of hydrogen-bond acceptors (Lipinski definition) is 6. The minimum atomic E-state index is -0.919. The minimum absolute atomic E-state index is 0.00315. The first-order chi connectivity index (χ1) is 15.3. The first kappa shape index (κ1) is 21.3. The smallest absolute Gasteiger partial charge is 0.307 e. The van der Waals surface area contributed by atoms with Gasteiger partial charge in [0.2, 0.25) is 0 Å². The summed E-state index contributed by atoms with van der Waals surface area (Å²) < 4.78 is 5.65. The van der Waals surface area contributed by atoms with Crippen LogP contribution in [0.5, 0.6) is 0 Å². The number of amides is 1. The number of hydrogen-bond donors (Lipinski definition) is 3. The molecule has 2 heterocycles. The zero-order valence-electron chi connectivity index (χ0n) is 17.2. The molecule has 4 N–H and O–H groups in total. The summed E-state index contributed by atoms with van der Waals surface area (Å²) >= 11 is 0. The molecule has 0 aliphatic carbocycles. The molecular weight excluding hydrogens is 414 g/mol. The highest BCUT2D eigenvalue weighted by molar-refractivity contribution is 6.07. The number of piperidine rings is 1. The van der Waals surface area contributed by atoms with Crippen molar-refractivity contribution in [3.63, 3.8) is 0 Å². The van der Waals surface area contributed by atoms with Crippen molar-refractivity contribution in [1.82, 2.24) is 5.01 Å². The van der Waals surface area contributed by atoms with Crippen LogP contribution in [0.2, 0.25) is 0 Å². The summed E-state index contributed by atoms with van der Waals surface area (Å²) in [4.78, 5) is 36.8. The Bertz CT molecular complexity index is 1090. The van der Waals surface area contributed by atoms with Crippen LogP contribution in [-0.4, -0.2) is 46.4 Å². The zero-order valence-corrected chi connectivity index (χ0v) is 17.2. The molecule has 0 bridgehead atoms. The third-order valence-electron chi connectivity index (χ3n) is 5.93. The van der Waals surface area contributed by atoms with Crippen LogP contribution in [0.1, 0.15) is 46.7 Å². The van der Waals surface area contributed by atoms with Crippen molar-refractivity contribution >= 4 is 23.4 Å². The number of hydrazine groups is 1. The van der Waals surface area contributed by atoms with Gasteiger partial charge in [-0.25, -0.2) is 10.1 Å². The lowest BCUT2D eigenvalue weighted by Crippen LogP contribution is -2.53.